The van der Waals surface area contributed by atoms with Crippen molar-refractivity contribution in [2.24, 2.45) is 4.99 Å². The summed E-state index contributed by atoms with van der Waals surface area (Å²) in [6.45, 7) is 0. The maximum Gasteiger partial charge on any atom is 0.333 e. The van der Waals surface area contributed by atoms with Crippen molar-refractivity contribution in [3.8, 4) is 5.75 Å². The number of aliphatic carboxylic acids is 1. The fourth-order valence-electron chi connectivity index (χ4n) is 1.68. The van der Waals surface area contributed by atoms with Gasteiger partial charge in [-0.25, -0.2) is 4.79 Å². The molecule has 0 saturated heterocycles. The van der Waals surface area contributed by atoms with Crippen molar-refractivity contribution >= 4 is 12.2 Å². The first-order chi connectivity index (χ1) is 9.18. The normalized spacial score (nSPS) is 12.4. The molecule has 96 valence electrons. The van der Waals surface area contributed by atoms with Gasteiger partial charge in [0.05, 0.1) is 0 Å². The van der Waals surface area contributed by atoms with Crippen LogP contribution in [0.15, 0.2) is 59.6 Å². The van der Waals surface area contributed by atoms with Crippen LogP contribution >= 0.6 is 0 Å². The van der Waals surface area contributed by atoms with Crippen molar-refractivity contribution in [1.82, 2.24) is 0 Å². The molecule has 0 aliphatic rings. The topological polar surface area (TPSA) is 69.9 Å². The number of phenolic OH excluding ortho intramolecular Hbond substituents is 1. The van der Waals surface area contributed by atoms with Gasteiger partial charge in [0.2, 0.25) is 0 Å². The van der Waals surface area contributed by atoms with Gasteiger partial charge in [-0.1, -0.05) is 42.5 Å². The van der Waals surface area contributed by atoms with E-state index >= 15 is 0 Å². The van der Waals surface area contributed by atoms with E-state index in [-0.39, 0.29) is 5.75 Å². The molecule has 0 aliphatic carbocycles. The number of hydrogen-bond donors (Lipinski definition) is 2. The lowest BCUT2D eigenvalue weighted by Crippen LogP contribution is -2.09. The van der Waals surface area contributed by atoms with Gasteiger partial charge in [0.1, 0.15) is 5.75 Å². The molecule has 2 aromatic rings. The first-order valence-electron chi connectivity index (χ1n) is 5.77. The van der Waals surface area contributed by atoms with Crippen LogP contribution in [0, 0.1) is 0 Å². The Morgan fingerprint density at radius 1 is 1.05 bits per heavy atom. The minimum Gasteiger partial charge on any atom is -0.507 e. The first kappa shape index (κ1) is 12.8. The Morgan fingerprint density at radius 3 is 2.32 bits per heavy atom. The number of carboxylic acids is 1. The molecule has 0 aliphatic heterocycles. The Balaban J connectivity index is 2.28. The third kappa shape index (κ3) is 3.19. The van der Waals surface area contributed by atoms with Gasteiger partial charge in [0.15, 0.2) is 6.04 Å². The first-order valence-corrected chi connectivity index (χ1v) is 5.77. The minimum atomic E-state index is -1.03. The number of phenols is 1. The molecule has 0 aromatic heterocycles. The van der Waals surface area contributed by atoms with Gasteiger partial charge >= 0.3 is 5.97 Å². The molecule has 0 fully saturated rings. The summed E-state index contributed by atoms with van der Waals surface area (Å²) < 4.78 is 0. The van der Waals surface area contributed by atoms with Crippen LogP contribution in [0.2, 0.25) is 0 Å². The van der Waals surface area contributed by atoms with E-state index in [4.69, 9.17) is 0 Å². The number of benzene rings is 2. The van der Waals surface area contributed by atoms with Crippen LogP contribution in [0.3, 0.4) is 0 Å². The predicted molar refractivity (Wildman–Crippen MR) is 72.5 cm³/mol. The molecular weight excluding hydrogens is 242 g/mol. The van der Waals surface area contributed by atoms with Crippen molar-refractivity contribution in [2.45, 2.75) is 6.04 Å². The number of carboxylic acid groups (broad SMARTS) is 1. The zero-order valence-electron chi connectivity index (χ0n) is 10.1. The molecule has 1 atom stereocenters. The van der Waals surface area contributed by atoms with Crippen LogP contribution in [0.25, 0.3) is 0 Å². The lowest BCUT2D eigenvalue weighted by molar-refractivity contribution is -0.138. The van der Waals surface area contributed by atoms with Crippen molar-refractivity contribution in [2.75, 3.05) is 0 Å². The largest absolute Gasteiger partial charge is 0.507 e. The standard InChI is InChI=1S/C15H13NO3/c17-13-9-5-4-8-12(13)10-16-14(15(18)19)11-6-2-1-3-7-11/h1-10,14,17H,(H,18,19)/b16-10+. The molecule has 4 heteroatoms. The molecule has 2 aromatic carbocycles. The summed E-state index contributed by atoms with van der Waals surface area (Å²) in [6.07, 6.45) is 1.38. The van der Waals surface area contributed by atoms with Gasteiger partial charge in [-0.3, -0.25) is 4.99 Å². The Bertz CT molecular complexity index is 593. The molecule has 1 unspecified atom stereocenters. The molecule has 0 radical (unpaired) electrons. The number of rotatable bonds is 4. The summed E-state index contributed by atoms with van der Waals surface area (Å²) in [6, 6.07) is 14.4. The third-order valence-corrected chi connectivity index (χ3v) is 2.65. The second-order valence-corrected chi connectivity index (χ2v) is 3.99. The average Bonchev–Trinajstić information content (AvgIpc) is 2.42. The van der Waals surface area contributed by atoms with E-state index in [0.717, 1.165) is 0 Å². The van der Waals surface area contributed by atoms with E-state index in [2.05, 4.69) is 4.99 Å². The van der Waals surface area contributed by atoms with Gasteiger partial charge in [-0.05, 0) is 17.7 Å². The molecule has 0 heterocycles. The van der Waals surface area contributed by atoms with Crippen molar-refractivity contribution in [1.29, 1.82) is 0 Å². The van der Waals surface area contributed by atoms with E-state index < -0.39 is 12.0 Å². The summed E-state index contributed by atoms with van der Waals surface area (Å²) in [5.41, 5.74) is 1.09. The third-order valence-electron chi connectivity index (χ3n) is 2.65. The summed E-state index contributed by atoms with van der Waals surface area (Å²) in [7, 11) is 0. The number of hydrogen-bond acceptors (Lipinski definition) is 3. The highest BCUT2D eigenvalue weighted by atomic mass is 16.4. The van der Waals surface area contributed by atoms with E-state index in [1.165, 1.54) is 12.3 Å². The molecule has 0 bridgehead atoms. The Kier molecular flexibility index (Phi) is 3.93. The molecular formula is C15H13NO3. The van der Waals surface area contributed by atoms with Crippen LogP contribution < -0.4 is 0 Å². The summed E-state index contributed by atoms with van der Waals surface area (Å²) in [5.74, 6) is -0.957. The van der Waals surface area contributed by atoms with Crippen molar-refractivity contribution in [3.05, 3.63) is 65.7 Å². The van der Waals surface area contributed by atoms with Gasteiger partial charge in [-0.2, -0.15) is 0 Å². The van der Waals surface area contributed by atoms with Crippen LogP contribution in [0.4, 0.5) is 0 Å². The summed E-state index contributed by atoms with van der Waals surface area (Å²) in [4.78, 5) is 15.3. The van der Waals surface area contributed by atoms with E-state index in [1.807, 2.05) is 6.07 Å². The summed E-state index contributed by atoms with van der Waals surface area (Å²) in [5, 5.41) is 18.8. The predicted octanol–water partition coefficient (Wildman–Crippen LogP) is 2.64. The number of aromatic hydroxyl groups is 1. The highest BCUT2D eigenvalue weighted by Gasteiger charge is 2.17. The quantitative estimate of drug-likeness (QED) is 0.825. The lowest BCUT2D eigenvalue weighted by atomic mass is 10.1. The van der Waals surface area contributed by atoms with E-state index in [1.54, 1.807) is 42.5 Å². The molecule has 0 amide bonds. The molecule has 2 rings (SSSR count). The monoisotopic (exact) mass is 255 g/mol. The second kappa shape index (κ2) is 5.82. The average molecular weight is 255 g/mol. The van der Waals surface area contributed by atoms with E-state index in [9.17, 15) is 15.0 Å². The second-order valence-electron chi connectivity index (χ2n) is 3.99. The molecule has 19 heavy (non-hydrogen) atoms. The van der Waals surface area contributed by atoms with Gasteiger partial charge < -0.3 is 10.2 Å². The number of carbonyl (C=O) groups is 1. The van der Waals surface area contributed by atoms with Crippen molar-refractivity contribution < 1.29 is 15.0 Å². The number of nitrogens with zero attached hydrogens (tertiary/aromatic N) is 1. The molecule has 2 N–H and O–H groups in total. The lowest BCUT2D eigenvalue weighted by Gasteiger charge is -2.07. The zero-order chi connectivity index (χ0) is 13.7. The van der Waals surface area contributed by atoms with Gasteiger partial charge in [0, 0.05) is 11.8 Å². The SMILES string of the molecule is O=C(O)C(/N=C/c1ccccc1O)c1ccccc1. The highest BCUT2D eigenvalue weighted by molar-refractivity contribution is 5.86. The van der Waals surface area contributed by atoms with Crippen LogP contribution in [-0.4, -0.2) is 22.4 Å². The minimum absolute atomic E-state index is 0.0726. The van der Waals surface area contributed by atoms with Crippen molar-refractivity contribution in [3.63, 3.8) is 0 Å². The maximum atomic E-state index is 11.2. The van der Waals surface area contributed by atoms with Gasteiger partial charge in [-0.15, -0.1) is 0 Å². The van der Waals surface area contributed by atoms with Crippen LogP contribution in [0.1, 0.15) is 17.2 Å². The molecule has 4 nitrogen and oxygen atoms in total. The summed E-state index contributed by atoms with van der Waals surface area (Å²) >= 11 is 0. The Hall–Kier alpha value is -2.62. The van der Waals surface area contributed by atoms with Crippen LogP contribution in [0.5, 0.6) is 5.75 Å². The number of para-hydroxylation sites is 1. The fraction of sp³-hybridized carbons (Fsp3) is 0.0667. The van der Waals surface area contributed by atoms with Crippen LogP contribution in [-0.2, 0) is 4.79 Å². The smallest absolute Gasteiger partial charge is 0.333 e. The van der Waals surface area contributed by atoms with Gasteiger partial charge in [0.25, 0.3) is 0 Å². The Morgan fingerprint density at radius 2 is 1.68 bits per heavy atom. The maximum absolute atomic E-state index is 11.2. The molecule has 0 spiro atoms. The molecule has 0 saturated carbocycles. The Labute approximate surface area is 110 Å². The van der Waals surface area contributed by atoms with E-state index in [0.29, 0.717) is 11.1 Å². The zero-order valence-corrected chi connectivity index (χ0v) is 10.1. The fourth-order valence-corrected chi connectivity index (χ4v) is 1.68. The highest BCUT2D eigenvalue weighted by Crippen LogP contribution is 2.19. The number of aliphatic imine (C=N–C) groups is 1.